The van der Waals surface area contributed by atoms with Gasteiger partial charge < -0.3 is 4.90 Å². The van der Waals surface area contributed by atoms with E-state index in [2.05, 4.69) is 9.88 Å². The lowest BCUT2D eigenvalue weighted by Gasteiger charge is -2.28. The molecule has 0 radical (unpaired) electrons. The Morgan fingerprint density at radius 2 is 2.05 bits per heavy atom. The largest absolute Gasteiger partial charge is 0.357 e. The van der Waals surface area contributed by atoms with Gasteiger partial charge in [-0.05, 0) is 44.9 Å². The first kappa shape index (κ1) is 16.6. The van der Waals surface area contributed by atoms with Gasteiger partial charge in [0.15, 0.2) is 0 Å². The average molecular weight is 336 g/mol. The zero-order valence-electron chi connectivity index (χ0n) is 12.5. The minimum atomic E-state index is -0.490. The lowest BCUT2D eigenvalue weighted by Crippen LogP contribution is -2.32. The van der Waals surface area contributed by atoms with E-state index in [1.54, 1.807) is 13.8 Å². The van der Waals surface area contributed by atoms with E-state index in [1.807, 2.05) is 6.07 Å². The lowest BCUT2D eigenvalue weighted by molar-refractivity contribution is -0.386. The molecule has 0 atom stereocenters. The maximum absolute atomic E-state index is 11.1. The molecule has 0 saturated carbocycles. The van der Waals surface area contributed by atoms with Gasteiger partial charge in [-0.15, -0.1) is 0 Å². The molecule has 1 aromatic heterocycles. The average Bonchev–Trinajstić information content (AvgIpc) is 2.47. The molecule has 1 fully saturated rings. The van der Waals surface area contributed by atoms with Gasteiger partial charge in [0.1, 0.15) is 21.1 Å². The molecule has 0 spiro atoms. The van der Waals surface area contributed by atoms with Crippen LogP contribution in [0.1, 0.15) is 36.1 Å². The molecular formula is C14H16N4O2S2. The molecule has 2 heterocycles. The van der Waals surface area contributed by atoms with Crippen LogP contribution in [-0.2, 0) is 0 Å². The van der Waals surface area contributed by atoms with E-state index in [-0.39, 0.29) is 11.3 Å². The highest BCUT2D eigenvalue weighted by Gasteiger charge is 2.25. The quantitative estimate of drug-likeness (QED) is 0.354. The van der Waals surface area contributed by atoms with E-state index < -0.39 is 4.92 Å². The van der Waals surface area contributed by atoms with E-state index >= 15 is 0 Å². The summed E-state index contributed by atoms with van der Waals surface area (Å²) in [5, 5.41) is 20.9. The van der Waals surface area contributed by atoms with Gasteiger partial charge in [0.05, 0.1) is 10.5 Å². The van der Waals surface area contributed by atoms with Gasteiger partial charge >= 0.3 is 0 Å². The van der Waals surface area contributed by atoms with Crippen LogP contribution >= 0.6 is 24.0 Å². The minimum absolute atomic E-state index is 0.0928. The summed E-state index contributed by atoms with van der Waals surface area (Å²) in [6.45, 7) is 5.00. The highest BCUT2D eigenvalue weighted by molar-refractivity contribution is 8.22. The van der Waals surface area contributed by atoms with Crippen LogP contribution in [0.3, 0.4) is 0 Å². The number of thioether (sulfide) groups is 1. The smallest absolute Gasteiger partial charge is 0.294 e. The summed E-state index contributed by atoms with van der Waals surface area (Å²) >= 11 is 6.69. The minimum Gasteiger partial charge on any atom is -0.357 e. The molecule has 22 heavy (non-hydrogen) atoms. The Labute approximate surface area is 138 Å². The number of rotatable bonds is 2. The van der Waals surface area contributed by atoms with Crippen LogP contribution in [0.4, 0.5) is 5.69 Å². The fraction of sp³-hybridized carbons (Fsp3) is 0.500. The van der Waals surface area contributed by atoms with E-state index in [1.165, 1.54) is 18.2 Å². The first-order valence-corrected chi connectivity index (χ1v) is 8.20. The van der Waals surface area contributed by atoms with Gasteiger partial charge in [-0.1, -0.05) is 12.2 Å². The van der Waals surface area contributed by atoms with Gasteiger partial charge in [0.2, 0.25) is 0 Å². The van der Waals surface area contributed by atoms with Crippen LogP contribution in [0, 0.1) is 35.3 Å². The molecular weight excluding hydrogens is 320 g/mol. The molecule has 8 heteroatoms. The van der Waals surface area contributed by atoms with Crippen LogP contribution in [0.5, 0.6) is 0 Å². The third-order valence-electron chi connectivity index (χ3n) is 3.65. The molecule has 1 saturated heterocycles. The predicted octanol–water partition coefficient (Wildman–Crippen LogP) is 3.34. The summed E-state index contributed by atoms with van der Waals surface area (Å²) in [6.07, 6.45) is 3.43. The van der Waals surface area contributed by atoms with Crippen LogP contribution in [0.15, 0.2) is 5.03 Å². The van der Waals surface area contributed by atoms with Crippen LogP contribution in [-0.4, -0.2) is 32.2 Å². The molecule has 0 unspecified atom stereocenters. The first-order valence-electron chi connectivity index (χ1n) is 6.98. The van der Waals surface area contributed by atoms with Crippen LogP contribution < -0.4 is 0 Å². The molecule has 0 N–H and O–H groups in total. The fourth-order valence-corrected chi connectivity index (χ4v) is 3.89. The highest BCUT2D eigenvalue weighted by atomic mass is 32.2. The maximum atomic E-state index is 11.1. The molecule has 6 nitrogen and oxygen atoms in total. The van der Waals surface area contributed by atoms with Crippen molar-refractivity contribution >= 4 is 34.0 Å². The molecule has 1 aliphatic rings. The Morgan fingerprint density at radius 1 is 1.41 bits per heavy atom. The summed E-state index contributed by atoms with van der Waals surface area (Å²) in [4.78, 5) is 17.0. The molecule has 116 valence electrons. The normalized spacial score (nSPS) is 14.5. The first-order chi connectivity index (χ1) is 10.5. The van der Waals surface area contributed by atoms with Crippen LogP contribution in [0.2, 0.25) is 0 Å². The Kier molecular flexibility index (Phi) is 5.32. The van der Waals surface area contributed by atoms with Gasteiger partial charge in [-0.25, -0.2) is 4.98 Å². The molecule has 0 aromatic carbocycles. The van der Waals surface area contributed by atoms with E-state index in [4.69, 9.17) is 12.2 Å². The number of piperidine rings is 1. The monoisotopic (exact) mass is 336 g/mol. The van der Waals surface area contributed by atoms with Crippen molar-refractivity contribution in [3.63, 3.8) is 0 Å². The summed E-state index contributed by atoms with van der Waals surface area (Å²) < 4.78 is 0.677. The van der Waals surface area contributed by atoms with Gasteiger partial charge in [-0.2, -0.15) is 5.26 Å². The van der Waals surface area contributed by atoms with Gasteiger partial charge in [-0.3, -0.25) is 10.1 Å². The zero-order chi connectivity index (χ0) is 16.3. The van der Waals surface area contributed by atoms with Crippen molar-refractivity contribution in [1.82, 2.24) is 9.88 Å². The standard InChI is InChI=1S/C14H16N4O2S2/c1-9-11(8-15)13(16-10(2)12(9)18(19)20)22-14(21)17-6-4-3-5-7-17/h3-7H2,1-2H3. The van der Waals surface area contributed by atoms with Crippen molar-refractivity contribution in [2.45, 2.75) is 38.1 Å². The highest BCUT2D eigenvalue weighted by Crippen LogP contribution is 2.32. The Bertz CT molecular complexity index is 664. The summed E-state index contributed by atoms with van der Waals surface area (Å²) in [6, 6.07) is 2.03. The molecule has 2 rings (SSSR count). The zero-order valence-corrected chi connectivity index (χ0v) is 14.1. The number of aromatic nitrogens is 1. The van der Waals surface area contributed by atoms with E-state index in [9.17, 15) is 15.4 Å². The predicted molar refractivity (Wildman–Crippen MR) is 89.0 cm³/mol. The molecule has 1 aromatic rings. The number of aryl methyl sites for hydroxylation is 1. The van der Waals surface area contributed by atoms with Crippen molar-refractivity contribution < 1.29 is 4.92 Å². The van der Waals surface area contributed by atoms with Gasteiger partial charge in [0, 0.05) is 18.7 Å². The number of hydrogen-bond acceptors (Lipinski definition) is 6. The van der Waals surface area contributed by atoms with Crippen molar-refractivity contribution in [3.05, 3.63) is 26.9 Å². The third-order valence-corrected chi connectivity index (χ3v) is 5.08. The Hall–Kier alpha value is -1.72. The topological polar surface area (TPSA) is 83.1 Å². The lowest BCUT2D eigenvalue weighted by atomic mass is 10.1. The van der Waals surface area contributed by atoms with Crippen molar-refractivity contribution in [1.29, 1.82) is 5.26 Å². The molecule has 1 aliphatic heterocycles. The number of nitro groups is 1. The number of nitrogens with zero attached hydrogens (tertiary/aromatic N) is 4. The fourth-order valence-electron chi connectivity index (χ4n) is 2.51. The number of likely N-dealkylation sites (tertiary alicyclic amines) is 1. The van der Waals surface area contributed by atoms with Crippen molar-refractivity contribution in [2.75, 3.05) is 13.1 Å². The molecule has 0 bridgehead atoms. The Balaban J connectivity index is 2.33. The van der Waals surface area contributed by atoms with Crippen molar-refractivity contribution in [3.8, 4) is 6.07 Å². The third kappa shape index (κ3) is 3.36. The SMILES string of the molecule is Cc1nc(SC(=S)N2CCCCC2)c(C#N)c(C)c1[N+](=O)[O-]. The number of thiocarbonyl (C=S) groups is 1. The maximum Gasteiger partial charge on any atom is 0.294 e. The second kappa shape index (κ2) is 7.03. The van der Waals surface area contributed by atoms with Crippen LogP contribution in [0.25, 0.3) is 0 Å². The van der Waals surface area contributed by atoms with E-state index in [0.29, 0.717) is 20.6 Å². The molecule has 0 amide bonds. The second-order valence-electron chi connectivity index (χ2n) is 5.14. The molecule has 0 aliphatic carbocycles. The van der Waals surface area contributed by atoms with E-state index in [0.717, 1.165) is 25.9 Å². The Morgan fingerprint density at radius 3 is 2.59 bits per heavy atom. The number of hydrogen-bond donors (Lipinski definition) is 0. The van der Waals surface area contributed by atoms with Gasteiger partial charge in [0.25, 0.3) is 5.69 Å². The second-order valence-corrected chi connectivity index (χ2v) is 6.76. The van der Waals surface area contributed by atoms with Crippen molar-refractivity contribution in [2.24, 2.45) is 0 Å². The number of nitriles is 1. The summed E-state index contributed by atoms with van der Waals surface area (Å²) in [5.74, 6) is 0. The summed E-state index contributed by atoms with van der Waals surface area (Å²) in [7, 11) is 0. The number of pyridine rings is 1. The summed E-state index contributed by atoms with van der Waals surface area (Å²) in [5.41, 5.74) is 0.806.